The Kier molecular flexibility index (Phi) is 4.33. The lowest BCUT2D eigenvalue weighted by Gasteiger charge is -2.20. The summed E-state index contributed by atoms with van der Waals surface area (Å²) in [4.78, 5) is 22.0. The fourth-order valence-electron chi connectivity index (χ4n) is 1.94. The molecular formula is C12H15N3O4S. The van der Waals surface area contributed by atoms with Crippen LogP contribution in [-0.4, -0.2) is 35.5 Å². The summed E-state index contributed by atoms with van der Waals surface area (Å²) in [6, 6.07) is 2.95. The van der Waals surface area contributed by atoms with E-state index in [1.807, 2.05) is 13.2 Å². The Bertz CT molecular complexity index is 550. The number of carbonyl (C=O) groups excluding carboxylic acids is 1. The van der Waals surface area contributed by atoms with Crippen LogP contribution in [0.3, 0.4) is 0 Å². The fraction of sp³-hybridized carbons (Fsp3) is 0.417. The van der Waals surface area contributed by atoms with Gasteiger partial charge in [0.1, 0.15) is 5.69 Å². The molecule has 1 aromatic rings. The third kappa shape index (κ3) is 3.13. The van der Waals surface area contributed by atoms with Gasteiger partial charge in [-0.2, -0.15) is 11.8 Å². The standard InChI is InChI=1S/C12H15N3O4S/c1-7(6-20-2)13-8-3-9-11(4-10(8)15(17)18)19-5-12(16)14-9/h3-4,7,13H,5-6H2,1-2H3,(H,14,16). The second-order valence-electron chi connectivity index (χ2n) is 4.46. The molecule has 2 N–H and O–H groups in total. The number of nitro benzene ring substituents is 1. The Morgan fingerprint density at radius 2 is 2.35 bits per heavy atom. The molecular weight excluding hydrogens is 282 g/mol. The average Bonchev–Trinajstić information content (AvgIpc) is 2.37. The van der Waals surface area contributed by atoms with Crippen LogP contribution in [0.2, 0.25) is 0 Å². The number of nitrogens with one attached hydrogen (secondary N) is 2. The van der Waals surface area contributed by atoms with Crippen molar-refractivity contribution in [1.29, 1.82) is 0 Å². The van der Waals surface area contributed by atoms with Crippen LogP contribution in [0, 0.1) is 10.1 Å². The first-order chi connectivity index (χ1) is 9.51. The van der Waals surface area contributed by atoms with Gasteiger partial charge in [-0.1, -0.05) is 0 Å². The summed E-state index contributed by atoms with van der Waals surface area (Å²) < 4.78 is 5.19. The molecule has 0 fully saturated rings. The van der Waals surface area contributed by atoms with E-state index in [0.29, 0.717) is 17.1 Å². The summed E-state index contributed by atoms with van der Waals surface area (Å²) >= 11 is 1.65. The number of nitrogens with zero attached hydrogens (tertiary/aromatic N) is 1. The van der Waals surface area contributed by atoms with Crippen molar-refractivity contribution in [2.45, 2.75) is 13.0 Å². The second-order valence-corrected chi connectivity index (χ2v) is 5.37. The molecule has 0 saturated carbocycles. The van der Waals surface area contributed by atoms with Crippen molar-refractivity contribution < 1.29 is 14.5 Å². The topological polar surface area (TPSA) is 93.5 Å². The minimum absolute atomic E-state index is 0.0622. The minimum atomic E-state index is -0.464. The number of rotatable bonds is 5. The maximum absolute atomic E-state index is 11.3. The molecule has 0 aromatic heterocycles. The number of hydrogen-bond donors (Lipinski definition) is 2. The van der Waals surface area contributed by atoms with Crippen LogP contribution < -0.4 is 15.4 Å². The lowest BCUT2D eigenvalue weighted by Crippen LogP contribution is -2.26. The molecule has 7 nitrogen and oxygen atoms in total. The molecule has 1 unspecified atom stereocenters. The van der Waals surface area contributed by atoms with Crippen LogP contribution in [0.4, 0.5) is 17.1 Å². The highest BCUT2D eigenvalue weighted by atomic mass is 32.2. The first-order valence-electron chi connectivity index (χ1n) is 6.02. The number of amides is 1. The molecule has 0 spiro atoms. The molecule has 1 aliphatic heterocycles. The maximum Gasteiger partial charge on any atom is 0.296 e. The van der Waals surface area contributed by atoms with E-state index >= 15 is 0 Å². The van der Waals surface area contributed by atoms with E-state index in [9.17, 15) is 14.9 Å². The molecule has 0 aliphatic carbocycles. The Labute approximate surface area is 120 Å². The van der Waals surface area contributed by atoms with E-state index in [-0.39, 0.29) is 24.2 Å². The zero-order valence-corrected chi connectivity index (χ0v) is 12.0. The van der Waals surface area contributed by atoms with Gasteiger partial charge in [-0.05, 0) is 19.2 Å². The third-order valence-corrected chi connectivity index (χ3v) is 3.58. The fourth-order valence-corrected chi connectivity index (χ4v) is 2.52. The summed E-state index contributed by atoms with van der Waals surface area (Å²) in [5, 5.41) is 16.9. The van der Waals surface area contributed by atoms with Gasteiger partial charge in [-0.15, -0.1) is 0 Å². The van der Waals surface area contributed by atoms with Crippen molar-refractivity contribution in [3.05, 3.63) is 22.2 Å². The van der Waals surface area contributed by atoms with Crippen molar-refractivity contribution in [3.63, 3.8) is 0 Å². The highest BCUT2D eigenvalue weighted by molar-refractivity contribution is 7.98. The zero-order valence-electron chi connectivity index (χ0n) is 11.1. The number of hydrogen-bond acceptors (Lipinski definition) is 6. The predicted molar refractivity (Wildman–Crippen MR) is 78.7 cm³/mol. The molecule has 8 heteroatoms. The summed E-state index contributed by atoms with van der Waals surface area (Å²) in [6.45, 7) is 1.81. The van der Waals surface area contributed by atoms with Gasteiger partial charge in [-0.25, -0.2) is 0 Å². The quantitative estimate of drug-likeness (QED) is 0.638. The highest BCUT2D eigenvalue weighted by Gasteiger charge is 2.24. The van der Waals surface area contributed by atoms with Crippen molar-refractivity contribution in [2.24, 2.45) is 0 Å². The molecule has 1 heterocycles. The van der Waals surface area contributed by atoms with Gasteiger partial charge in [0.05, 0.1) is 16.7 Å². The van der Waals surface area contributed by atoms with Crippen LogP contribution in [0.25, 0.3) is 0 Å². The Hall–Kier alpha value is -1.96. The van der Waals surface area contributed by atoms with E-state index in [1.54, 1.807) is 17.8 Å². The van der Waals surface area contributed by atoms with E-state index in [0.717, 1.165) is 5.75 Å². The van der Waals surface area contributed by atoms with Gasteiger partial charge in [0.2, 0.25) is 0 Å². The van der Waals surface area contributed by atoms with Crippen LogP contribution in [-0.2, 0) is 4.79 Å². The van der Waals surface area contributed by atoms with Gasteiger partial charge < -0.3 is 15.4 Å². The van der Waals surface area contributed by atoms with Crippen molar-refractivity contribution in [2.75, 3.05) is 29.2 Å². The smallest absolute Gasteiger partial charge is 0.296 e. The summed E-state index contributed by atoms with van der Waals surface area (Å²) in [5.41, 5.74) is 0.764. The normalized spacial score (nSPS) is 14.8. The lowest BCUT2D eigenvalue weighted by molar-refractivity contribution is -0.384. The number of thioether (sulfide) groups is 1. The largest absolute Gasteiger partial charge is 0.481 e. The van der Waals surface area contributed by atoms with Gasteiger partial charge in [-0.3, -0.25) is 14.9 Å². The Balaban J connectivity index is 2.35. The molecule has 108 valence electrons. The molecule has 1 atom stereocenters. The Morgan fingerprint density at radius 1 is 1.60 bits per heavy atom. The number of nitro groups is 1. The Morgan fingerprint density at radius 3 is 3.00 bits per heavy atom. The number of carbonyl (C=O) groups is 1. The van der Waals surface area contributed by atoms with Gasteiger partial charge in [0.25, 0.3) is 11.6 Å². The molecule has 2 rings (SSSR count). The molecule has 1 amide bonds. The number of anilines is 2. The first kappa shape index (κ1) is 14.4. The number of ether oxygens (including phenoxy) is 1. The lowest BCUT2D eigenvalue weighted by atomic mass is 10.2. The van der Waals surface area contributed by atoms with Crippen molar-refractivity contribution in [1.82, 2.24) is 0 Å². The van der Waals surface area contributed by atoms with Crippen LogP contribution >= 0.6 is 11.8 Å². The first-order valence-corrected chi connectivity index (χ1v) is 7.41. The summed E-state index contributed by atoms with van der Waals surface area (Å²) in [6.07, 6.45) is 1.97. The summed E-state index contributed by atoms with van der Waals surface area (Å²) in [7, 11) is 0. The van der Waals surface area contributed by atoms with Gasteiger partial charge in [0.15, 0.2) is 12.4 Å². The van der Waals surface area contributed by atoms with E-state index in [1.165, 1.54) is 6.07 Å². The maximum atomic E-state index is 11.3. The van der Waals surface area contributed by atoms with Crippen molar-refractivity contribution >= 4 is 34.7 Å². The van der Waals surface area contributed by atoms with E-state index in [4.69, 9.17) is 4.74 Å². The van der Waals surface area contributed by atoms with Crippen LogP contribution in [0.15, 0.2) is 12.1 Å². The zero-order chi connectivity index (χ0) is 14.7. The van der Waals surface area contributed by atoms with E-state index < -0.39 is 4.92 Å². The van der Waals surface area contributed by atoms with E-state index in [2.05, 4.69) is 10.6 Å². The average molecular weight is 297 g/mol. The van der Waals surface area contributed by atoms with Crippen LogP contribution in [0.5, 0.6) is 5.75 Å². The minimum Gasteiger partial charge on any atom is -0.481 e. The molecule has 1 aliphatic rings. The molecule has 0 saturated heterocycles. The highest BCUT2D eigenvalue weighted by Crippen LogP contribution is 2.38. The van der Waals surface area contributed by atoms with Gasteiger partial charge >= 0.3 is 0 Å². The van der Waals surface area contributed by atoms with Crippen LogP contribution in [0.1, 0.15) is 6.92 Å². The SMILES string of the molecule is CSCC(C)Nc1cc2c(cc1[N+](=O)[O-])OCC(=O)N2. The number of benzene rings is 1. The summed E-state index contributed by atoms with van der Waals surface area (Å²) in [5.74, 6) is 0.866. The van der Waals surface area contributed by atoms with Crippen molar-refractivity contribution in [3.8, 4) is 5.75 Å². The second kappa shape index (κ2) is 6.00. The third-order valence-electron chi connectivity index (χ3n) is 2.75. The molecule has 1 aromatic carbocycles. The number of fused-ring (bicyclic) bond motifs is 1. The molecule has 0 radical (unpaired) electrons. The predicted octanol–water partition coefficient (Wildman–Crippen LogP) is 2.09. The monoisotopic (exact) mass is 297 g/mol. The molecule has 20 heavy (non-hydrogen) atoms. The van der Waals surface area contributed by atoms with Gasteiger partial charge in [0, 0.05) is 11.8 Å². The molecule has 0 bridgehead atoms.